The van der Waals surface area contributed by atoms with E-state index in [1.165, 1.54) is 43.4 Å². The van der Waals surface area contributed by atoms with Crippen LogP contribution in [-0.4, -0.2) is 6.54 Å². The van der Waals surface area contributed by atoms with Gasteiger partial charge in [-0.2, -0.15) is 0 Å². The quantitative estimate of drug-likeness (QED) is 0.811. The normalized spacial score (nSPS) is 18.9. The maximum Gasteiger partial charge on any atom is 0.0205 e. The van der Waals surface area contributed by atoms with Crippen molar-refractivity contribution in [2.75, 3.05) is 6.54 Å². The van der Waals surface area contributed by atoms with Crippen molar-refractivity contribution in [2.45, 2.75) is 46.1 Å². The van der Waals surface area contributed by atoms with Gasteiger partial charge in [0.2, 0.25) is 0 Å². The van der Waals surface area contributed by atoms with E-state index < -0.39 is 0 Å². The molecule has 1 heteroatoms. The van der Waals surface area contributed by atoms with Crippen molar-refractivity contribution in [1.82, 2.24) is 5.32 Å². The third-order valence-corrected chi connectivity index (χ3v) is 3.81. The van der Waals surface area contributed by atoms with Crippen LogP contribution in [0.15, 0.2) is 24.3 Å². The lowest BCUT2D eigenvalue weighted by Crippen LogP contribution is -2.29. The van der Waals surface area contributed by atoms with Gasteiger partial charge in [-0.1, -0.05) is 49.6 Å². The van der Waals surface area contributed by atoms with E-state index in [9.17, 15) is 0 Å². The Morgan fingerprint density at radius 2 is 1.75 bits per heavy atom. The summed E-state index contributed by atoms with van der Waals surface area (Å²) in [6.45, 7) is 6.73. The first-order valence-corrected chi connectivity index (χ1v) is 6.44. The van der Waals surface area contributed by atoms with E-state index in [1.807, 2.05) is 0 Å². The van der Waals surface area contributed by atoms with Gasteiger partial charge in [0.15, 0.2) is 0 Å². The minimum atomic E-state index is 0.560. The molecule has 0 bridgehead atoms. The van der Waals surface area contributed by atoms with Crippen LogP contribution in [0, 0.1) is 12.3 Å². The molecule has 1 N–H and O–H groups in total. The number of hydrogen-bond donors (Lipinski definition) is 1. The highest BCUT2D eigenvalue weighted by Gasteiger charge is 2.27. The second-order valence-electron chi connectivity index (χ2n) is 5.61. The van der Waals surface area contributed by atoms with Crippen LogP contribution in [0.25, 0.3) is 0 Å². The van der Waals surface area contributed by atoms with Gasteiger partial charge in [0, 0.05) is 13.1 Å². The molecule has 0 atom stereocenters. The molecule has 1 aromatic rings. The van der Waals surface area contributed by atoms with Gasteiger partial charge in [0.25, 0.3) is 0 Å². The fourth-order valence-electron chi connectivity index (χ4n) is 2.62. The Labute approximate surface area is 99.3 Å². The average molecular weight is 217 g/mol. The van der Waals surface area contributed by atoms with Crippen molar-refractivity contribution in [2.24, 2.45) is 5.41 Å². The molecule has 2 rings (SSSR count). The van der Waals surface area contributed by atoms with E-state index >= 15 is 0 Å². The van der Waals surface area contributed by atoms with Crippen LogP contribution < -0.4 is 5.32 Å². The molecule has 1 aliphatic rings. The third-order valence-electron chi connectivity index (χ3n) is 3.81. The van der Waals surface area contributed by atoms with E-state index in [1.54, 1.807) is 0 Å². The summed E-state index contributed by atoms with van der Waals surface area (Å²) in [4.78, 5) is 0. The molecule has 0 aliphatic heterocycles. The smallest absolute Gasteiger partial charge is 0.0205 e. The van der Waals surface area contributed by atoms with Crippen molar-refractivity contribution in [3.63, 3.8) is 0 Å². The van der Waals surface area contributed by atoms with Crippen molar-refractivity contribution in [3.8, 4) is 0 Å². The third kappa shape index (κ3) is 3.08. The molecular weight excluding hydrogens is 194 g/mol. The molecule has 0 spiro atoms. The maximum absolute atomic E-state index is 3.60. The maximum atomic E-state index is 3.60. The van der Waals surface area contributed by atoms with Crippen molar-refractivity contribution < 1.29 is 0 Å². The summed E-state index contributed by atoms with van der Waals surface area (Å²) in [7, 11) is 0. The lowest BCUT2D eigenvalue weighted by atomic mass is 9.89. The minimum Gasteiger partial charge on any atom is -0.312 e. The average Bonchev–Trinajstić information content (AvgIpc) is 2.69. The van der Waals surface area contributed by atoms with E-state index in [0.717, 1.165) is 6.54 Å². The van der Waals surface area contributed by atoms with Gasteiger partial charge in [-0.05, 0) is 30.7 Å². The van der Waals surface area contributed by atoms with Gasteiger partial charge in [-0.15, -0.1) is 0 Å². The highest BCUT2D eigenvalue weighted by atomic mass is 14.9. The molecule has 0 unspecified atom stereocenters. The van der Waals surface area contributed by atoms with Crippen LogP contribution >= 0.6 is 0 Å². The molecule has 1 aromatic carbocycles. The summed E-state index contributed by atoms with van der Waals surface area (Å²) >= 11 is 0. The number of rotatable bonds is 4. The van der Waals surface area contributed by atoms with Gasteiger partial charge < -0.3 is 5.32 Å². The molecule has 0 saturated heterocycles. The van der Waals surface area contributed by atoms with E-state index in [0.29, 0.717) is 5.41 Å². The molecule has 1 saturated carbocycles. The fourth-order valence-corrected chi connectivity index (χ4v) is 2.62. The summed E-state index contributed by atoms with van der Waals surface area (Å²) < 4.78 is 0. The highest BCUT2D eigenvalue weighted by molar-refractivity contribution is 5.21. The number of benzene rings is 1. The SMILES string of the molecule is Cc1ccc(CNCC2(C)CCCC2)cc1. The van der Waals surface area contributed by atoms with Crippen LogP contribution in [-0.2, 0) is 6.54 Å². The van der Waals surface area contributed by atoms with Crippen molar-refractivity contribution in [3.05, 3.63) is 35.4 Å². The Hall–Kier alpha value is -0.820. The molecule has 88 valence electrons. The molecule has 0 heterocycles. The lowest BCUT2D eigenvalue weighted by molar-refractivity contribution is 0.314. The van der Waals surface area contributed by atoms with E-state index in [-0.39, 0.29) is 0 Å². The largest absolute Gasteiger partial charge is 0.312 e. The number of hydrogen-bond acceptors (Lipinski definition) is 1. The van der Waals surface area contributed by atoms with Crippen LogP contribution in [0.5, 0.6) is 0 Å². The molecule has 1 fully saturated rings. The van der Waals surface area contributed by atoms with Gasteiger partial charge >= 0.3 is 0 Å². The first kappa shape index (κ1) is 11.7. The van der Waals surface area contributed by atoms with Crippen LogP contribution in [0.1, 0.15) is 43.7 Å². The fraction of sp³-hybridized carbons (Fsp3) is 0.600. The first-order valence-electron chi connectivity index (χ1n) is 6.44. The van der Waals surface area contributed by atoms with Crippen LogP contribution in [0.4, 0.5) is 0 Å². The minimum absolute atomic E-state index is 0.560. The van der Waals surface area contributed by atoms with Gasteiger partial charge in [-0.3, -0.25) is 0 Å². The summed E-state index contributed by atoms with van der Waals surface area (Å²) in [5.74, 6) is 0. The second-order valence-corrected chi connectivity index (χ2v) is 5.61. The molecular formula is C15H23N. The van der Waals surface area contributed by atoms with Gasteiger partial charge in [0.1, 0.15) is 0 Å². The number of aryl methyl sites for hydroxylation is 1. The standard InChI is InChI=1S/C15H23N/c1-13-5-7-14(8-6-13)11-16-12-15(2)9-3-4-10-15/h5-8,16H,3-4,9-12H2,1-2H3. The molecule has 0 aromatic heterocycles. The molecule has 1 nitrogen and oxygen atoms in total. The topological polar surface area (TPSA) is 12.0 Å². The molecule has 16 heavy (non-hydrogen) atoms. The Morgan fingerprint density at radius 1 is 1.12 bits per heavy atom. The van der Waals surface area contributed by atoms with Crippen LogP contribution in [0.3, 0.4) is 0 Å². The molecule has 0 amide bonds. The van der Waals surface area contributed by atoms with Gasteiger partial charge in [-0.25, -0.2) is 0 Å². The predicted molar refractivity (Wildman–Crippen MR) is 69.5 cm³/mol. The van der Waals surface area contributed by atoms with Crippen molar-refractivity contribution in [1.29, 1.82) is 0 Å². The van der Waals surface area contributed by atoms with E-state index in [4.69, 9.17) is 0 Å². The Bertz CT molecular complexity index is 320. The Balaban J connectivity index is 1.77. The van der Waals surface area contributed by atoms with E-state index in [2.05, 4.69) is 43.4 Å². The Kier molecular flexibility index (Phi) is 3.65. The Morgan fingerprint density at radius 3 is 2.38 bits per heavy atom. The summed E-state index contributed by atoms with van der Waals surface area (Å²) in [6, 6.07) is 8.82. The number of nitrogens with one attached hydrogen (secondary N) is 1. The van der Waals surface area contributed by atoms with Crippen LogP contribution in [0.2, 0.25) is 0 Å². The second kappa shape index (κ2) is 5.01. The van der Waals surface area contributed by atoms with Gasteiger partial charge in [0.05, 0.1) is 0 Å². The summed E-state index contributed by atoms with van der Waals surface area (Å²) in [6.07, 6.45) is 5.63. The zero-order valence-corrected chi connectivity index (χ0v) is 10.6. The first-order chi connectivity index (χ1) is 7.68. The zero-order valence-electron chi connectivity index (χ0n) is 10.6. The highest BCUT2D eigenvalue weighted by Crippen LogP contribution is 2.36. The van der Waals surface area contributed by atoms with Crippen molar-refractivity contribution >= 4 is 0 Å². The molecule has 0 radical (unpaired) electrons. The molecule has 1 aliphatic carbocycles. The summed E-state index contributed by atoms with van der Waals surface area (Å²) in [5.41, 5.74) is 3.30. The predicted octanol–water partition coefficient (Wildman–Crippen LogP) is 3.66. The lowest BCUT2D eigenvalue weighted by Gasteiger charge is -2.23. The zero-order chi connectivity index (χ0) is 11.4. The summed E-state index contributed by atoms with van der Waals surface area (Å²) in [5, 5.41) is 3.60. The monoisotopic (exact) mass is 217 g/mol.